The number of alkyl halides is 4. The average molecular weight is 518 g/mol. The minimum absolute atomic E-state index is 0.202. The van der Waals surface area contributed by atoms with Crippen LogP contribution in [0.2, 0.25) is 0 Å². The maximum atomic E-state index is 13.5. The van der Waals surface area contributed by atoms with Gasteiger partial charge in [0.2, 0.25) is 0 Å². The number of halogens is 4. The summed E-state index contributed by atoms with van der Waals surface area (Å²) in [6.07, 6.45) is -6.83. The topological polar surface area (TPSA) is 41.9 Å². The van der Waals surface area contributed by atoms with Crippen LogP contribution in [-0.4, -0.2) is 29.8 Å². The third-order valence-corrected chi connectivity index (χ3v) is 6.51. The molecule has 37 heavy (non-hydrogen) atoms. The maximum Gasteiger partial charge on any atom is 0.461 e. The van der Waals surface area contributed by atoms with Crippen LogP contribution in [0.15, 0.2) is 72.8 Å². The Morgan fingerprint density at radius 3 is 2.27 bits per heavy atom. The van der Waals surface area contributed by atoms with E-state index < -0.39 is 18.6 Å². The first-order chi connectivity index (χ1) is 17.6. The molecule has 2 atom stereocenters. The molecular formula is C29H31F4NO3. The molecule has 0 radical (unpaired) electrons. The summed E-state index contributed by atoms with van der Waals surface area (Å²) in [5.41, 5.74) is 2.52. The van der Waals surface area contributed by atoms with E-state index in [4.69, 9.17) is 4.74 Å². The third kappa shape index (κ3) is 6.74. The van der Waals surface area contributed by atoms with Gasteiger partial charge in [-0.3, -0.25) is 0 Å². The summed E-state index contributed by atoms with van der Waals surface area (Å²) in [5.74, 6) is 1.33. The smallest absolute Gasteiger partial charge is 0.457 e. The second-order valence-electron chi connectivity index (χ2n) is 9.63. The zero-order valence-corrected chi connectivity index (χ0v) is 20.8. The van der Waals surface area contributed by atoms with Crippen molar-refractivity contribution in [1.82, 2.24) is 0 Å². The summed E-state index contributed by atoms with van der Waals surface area (Å²) < 4.78 is 62.5. The van der Waals surface area contributed by atoms with Gasteiger partial charge in [-0.05, 0) is 72.7 Å². The molecule has 0 amide bonds. The molecule has 0 heterocycles. The fourth-order valence-electron chi connectivity index (χ4n) is 4.59. The lowest BCUT2D eigenvalue weighted by Gasteiger charge is -2.33. The summed E-state index contributed by atoms with van der Waals surface area (Å²) in [6, 6.07) is 20.9. The van der Waals surface area contributed by atoms with Crippen LogP contribution in [0.5, 0.6) is 17.2 Å². The molecule has 0 bridgehead atoms. The van der Waals surface area contributed by atoms with Crippen molar-refractivity contribution in [3.05, 3.63) is 83.9 Å². The number of hydrogen-bond donors (Lipinski definition) is 1. The summed E-state index contributed by atoms with van der Waals surface area (Å²) in [5, 5.41) is 10.7. The Kier molecular flexibility index (Phi) is 8.27. The van der Waals surface area contributed by atoms with Gasteiger partial charge in [-0.1, -0.05) is 44.2 Å². The molecule has 0 aliphatic heterocycles. The van der Waals surface area contributed by atoms with E-state index in [1.807, 2.05) is 53.4 Å². The van der Waals surface area contributed by atoms with Crippen molar-refractivity contribution in [3.63, 3.8) is 0 Å². The SMILES string of the molecule is CC(C)c1cccc(Oc2cccc(N(Cc3cccc(OC(F)(F)C(F)F)c3)C3CCCC3O)c2)c1. The van der Waals surface area contributed by atoms with Crippen LogP contribution < -0.4 is 14.4 Å². The second kappa shape index (κ2) is 11.4. The molecule has 3 aromatic carbocycles. The molecular weight excluding hydrogens is 486 g/mol. The maximum absolute atomic E-state index is 13.5. The van der Waals surface area contributed by atoms with E-state index in [0.717, 1.165) is 24.1 Å². The zero-order chi connectivity index (χ0) is 26.6. The molecule has 8 heteroatoms. The quantitative estimate of drug-likeness (QED) is 0.279. The molecule has 1 fully saturated rings. The van der Waals surface area contributed by atoms with Crippen LogP contribution in [0.4, 0.5) is 23.2 Å². The van der Waals surface area contributed by atoms with Gasteiger partial charge >= 0.3 is 12.5 Å². The molecule has 198 valence electrons. The normalized spacial score (nSPS) is 17.9. The Morgan fingerprint density at radius 1 is 0.919 bits per heavy atom. The van der Waals surface area contributed by atoms with Crippen LogP contribution in [-0.2, 0) is 6.54 Å². The molecule has 1 saturated carbocycles. The summed E-state index contributed by atoms with van der Waals surface area (Å²) >= 11 is 0. The highest BCUT2D eigenvalue weighted by Gasteiger charge is 2.44. The van der Waals surface area contributed by atoms with Crippen LogP contribution in [0.3, 0.4) is 0 Å². The van der Waals surface area contributed by atoms with E-state index in [2.05, 4.69) is 18.6 Å². The van der Waals surface area contributed by atoms with Gasteiger partial charge in [-0.2, -0.15) is 17.6 Å². The zero-order valence-electron chi connectivity index (χ0n) is 20.8. The predicted octanol–water partition coefficient (Wildman–Crippen LogP) is 7.76. The van der Waals surface area contributed by atoms with Crippen LogP contribution in [0.25, 0.3) is 0 Å². The Morgan fingerprint density at radius 2 is 1.59 bits per heavy atom. The van der Waals surface area contributed by atoms with E-state index in [0.29, 0.717) is 29.4 Å². The lowest BCUT2D eigenvalue weighted by atomic mass is 10.0. The van der Waals surface area contributed by atoms with Gasteiger partial charge in [0.25, 0.3) is 0 Å². The average Bonchev–Trinajstić information content (AvgIpc) is 3.28. The third-order valence-electron chi connectivity index (χ3n) is 6.51. The van der Waals surface area contributed by atoms with E-state index in [-0.39, 0.29) is 18.3 Å². The molecule has 0 spiro atoms. The highest BCUT2D eigenvalue weighted by atomic mass is 19.3. The molecule has 1 aliphatic carbocycles. The number of nitrogens with zero attached hydrogens (tertiary/aromatic N) is 1. The molecule has 3 aromatic rings. The van der Waals surface area contributed by atoms with Gasteiger partial charge in [0.15, 0.2) is 0 Å². The van der Waals surface area contributed by atoms with Gasteiger partial charge in [0.1, 0.15) is 17.2 Å². The highest BCUT2D eigenvalue weighted by molar-refractivity contribution is 5.53. The summed E-state index contributed by atoms with van der Waals surface area (Å²) in [7, 11) is 0. The van der Waals surface area contributed by atoms with Gasteiger partial charge in [0, 0.05) is 18.3 Å². The number of aliphatic hydroxyl groups is 1. The minimum Gasteiger partial charge on any atom is -0.457 e. The van der Waals surface area contributed by atoms with Crippen molar-refractivity contribution in [1.29, 1.82) is 0 Å². The first-order valence-corrected chi connectivity index (χ1v) is 12.4. The number of ether oxygens (including phenoxy) is 2. The van der Waals surface area contributed by atoms with Crippen molar-refractivity contribution >= 4 is 5.69 Å². The monoisotopic (exact) mass is 517 g/mol. The molecule has 1 N–H and O–H groups in total. The molecule has 2 unspecified atom stereocenters. The predicted molar refractivity (Wildman–Crippen MR) is 135 cm³/mol. The fraction of sp³-hybridized carbons (Fsp3) is 0.379. The van der Waals surface area contributed by atoms with Crippen molar-refractivity contribution < 1.29 is 32.1 Å². The Bertz CT molecular complexity index is 1190. The van der Waals surface area contributed by atoms with Crippen molar-refractivity contribution in [2.24, 2.45) is 0 Å². The number of anilines is 1. The summed E-state index contributed by atoms with van der Waals surface area (Å²) in [6.45, 7) is 4.48. The van der Waals surface area contributed by atoms with Gasteiger partial charge in [0.05, 0.1) is 12.1 Å². The molecule has 1 aliphatic rings. The van der Waals surface area contributed by atoms with Crippen LogP contribution >= 0.6 is 0 Å². The molecule has 0 aromatic heterocycles. The van der Waals surface area contributed by atoms with Gasteiger partial charge in [-0.25, -0.2) is 0 Å². The lowest BCUT2D eigenvalue weighted by molar-refractivity contribution is -0.253. The first kappa shape index (κ1) is 26.8. The van der Waals surface area contributed by atoms with Crippen molar-refractivity contribution in [2.45, 2.75) is 70.3 Å². The van der Waals surface area contributed by atoms with E-state index in [1.54, 1.807) is 6.07 Å². The number of benzene rings is 3. The second-order valence-corrected chi connectivity index (χ2v) is 9.63. The minimum atomic E-state index is -4.58. The lowest BCUT2D eigenvalue weighted by Crippen LogP contribution is -2.40. The molecule has 4 rings (SSSR count). The number of aliphatic hydroxyl groups excluding tert-OH is 1. The van der Waals surface area contributed by atoms with Crippen LogP contribution in [0.1, 0.15) is 50.2 Å². The highest BCUT2D eigenvalue weighted by Crippen LogP contribution is 2.35. The van der Waals surface area contributed by atoms with E-state index >= 15 is 0 Å². The number of hydrogen-bond acceptors (Lipinski definition) is 4. The number of rotatable bonds is 10. The van der Waals surface area contributed by atoms with E-state index in [1.165, 1.54) is 18.2 Å². The van der Waals surface area contributed by atoms with Gasteiger partial charge in [-0.15, -0.1) is 0 Å². The largest absolute Gasteiger partial charge is 0.461 e. The van der Waals surface area contributed by atoms with Crippen molar-refractivity contribution in [2.75, 3.05) is 4.90 Å². The first-order valence-electron chi connectivity index (χ1n) is 12.4. The Labute approximate surface area is 214 Å². The molecule has 4 nitrogen and oxygen atoms in total. The van der Waals surface area contributed by atoms with Gasteiger partial charge < -0.3 is 19.5 Å². The van der Waals surface area contributed by atoms with Crippen LogP contribution in [0, 0.1) is 0 Å². The summed E-state index contributed by atoms with van der Waals surface area (Å²) in [4.78, 5) is 2.00. The van der Waals surface area contributed by atoms with E-state index in [9.17, 15) is 22.7 Å². The van der Waals surface area contributed by atoms with Crippen molar-refractivity contribution in [3.8, 4) is 17.2 Å². The Balaban J connectivity index is 1.60. The molecule has 0 saturated heterocycles. The standard InChI is InChI=1S/C29H31F4NO3/c1-19(2)21-8-4-10-23(16-21)36-24-11-5-9-22(17-24)34(26-13-6-14-27(26)35)18-20-7-3-12-25(15-20)37-29(32,33)28(30)31/h3-5,7-12,15-17,19,26-28,35H,6,13-14,18H2,1-2H3. The fourth-order valence-corrected chi connectivity index (χ4v) is 4.59. The Hall–Kier alpha value is -3.26.